The summed E-state index contributed by atoms with van der Waals surface area (Å²) < 4.78 is 11.9. The summed E-state index contributed by atoms with van der Waals surface area (Å²) in [6.45, 7) is 0. The van der Waals surface area contributed by atoms with Gasteiger partial charge in [-0.2, -0.15) is 0 Å². The predicted octanol–water partition coefficient (Wildman–Crippen LogP) is -2.45. The molecule has 0 aromatic heterocycles. The third kappa shape index (κ3) is 2.03. The molecule has 0 aliphatic rings. The molecule has 0 amide bonds. The smallest absolute Gasteiger partial charge is 0.367 e. The molecule has 0 atom stereocenters. The predicted molar refractivity (Wildman–Crippen MR) is 20.9 cm³/mol. The lowest BCUT2D eigenvalue weighted by Crippen LogP contribution is -2.03. The second-order valence-electron chi connectivity index (χ2n) is 0.407. The van der Waals surface area contributed by atoms with E-state index in [9.17, 15) is 4.46 Å². The van der Waals surface area contributed by atoms with Crippen LogP contribution in [-0.4, -0.2) is 20.0 Å². The summed E-state index contributed by atoms with van der Waals surface area (Å²) in [7, 11) is 0.208. The van der Waals surface area contributed by atoms with E-state index >= 15 is 0 Å². The Hall–Kier alpha value is 0.0338. The lowest BCUT2D eigenvalue weighted by molar-refractivity contribution is 0.575. The van der Waals surface area contributed by atoms with Crippen LogP contribution in [0, 0.1) is 0 Å². The molecule has 0 aromatic carbocycles. The van der Waals surface area contributed by atoms with E-state index in [2.05, 4.69) is 4.65 Å². The molecular weight excluding hydrogens is 86.2 g/mol. The van der Waals surface area contributed by atoms with Gasteiger partial charge in [0.05, 0.1) is 10.4 Å². The highest BCUT2D eigenvalue weighted by atomic mass is 28.3. The van der Waals surface area contributed by atoms with Crippen molar-refractivity contribution in [2.75, 3.05) is 0 Å². The summed E-state index contributed by atoms with van der Waals surface area (Å²) in [5, 5.41) is 0. The SMILES string of the molecule is O=[SiH]N[SiH3]. The van der Waals surface area contributed by atoms with Gasteiger partial charge in [0.2, 0.25) is 0 Å². The lowest BCUT2D eigenvalue weighted by Gasteiger charge is -1.63. The van der Waals surface area contributed by atoms with E-state index < -0.39 is 9.57 Å². The maximum absolute atomic E-state index is 9.31. The third-order valence-corrected chi connectivity index (χ3v) is 1.06. The number of nitrogens with one attached hydrogen (secondary N) is 1. The Kier molecular flexibility index (Phi) is 3.06. The van der Waals surface area contributed by atoms with Crippen LogP contribution >= 0.6 is 0 Å². The summed E-state index contributed by atoms with van der Waals surface area (Å²) in [6.07, 6.45) is 0. The zero-order chi connectivity index (χ0) is 3.41. The molecule has 24 valence electrons. The maximum Gasteiger partial charge on any atom is 0.367 e. The van der Waals surface area contributed by atoms with Gasteiger partial charge >= 0.3 is 9.57 Å². The van der Waals surface area contributed by atoms with E-state index in [4.69, 9.17) is 0 Å². The molecule has 2 nitrogen and oxygen atoms in total. The van der Waals surface area contributed by atoms with Crippen molar-refractivity contribution in [3.8, 4) is 0 Å². The molecule has 0 radical (unpaired) electrons. The van der Waals surface area contributed by atoms with Crippen LogP contribution in [0.25, 0.3) is 0 Å². The van der Waals surface area contributed by atoms with Gasteiger partial charge in [-0.05, 0) is 0 Å². The highest BCUT2D eigenvalue weighted by Crippen LogP contribution is 1.03. The van der Waals surface area contributed by atoms with Crippen molar-refractivity contribution in [3.63, 3.8) is 0 Å². The van der Waals surface area contributed by atoms with Crippen LogP contribution < -0.4 is 4.65 Å². The van der Waals surface area contributed by atoms with E-state index in [-0.39, 0.29) is 0 Å². The van der Waals surface area contributed by atoms with Crippen LogP contribution in [0.2, 0.25) is 0 Å². The summed E-state index contributed by atoms with van der Waals surface area (Å²) in [6, 6.07) is 0. The van der Waals surface area contributed by atoms with E-state index in [0.717, 1.165) is 10.4 Å². The number of hydrogen-bond acceptors (Lipinski definition) is 1. The van der Waals surface area contributed by atoms with Crippen LogP contribution in [0.3, 0.4) is 0 Å². The molecule has 0 aromatic rings. The van der Waals surface area contributed by atoms with Crippen molar-refractivity contribution in [2.45, 2.75) is 0 Å². The summed E-state index contributed by atoms with van der Waals surface area (Å²) in [5.41, 5.74) is 0. The first-order valence-electron chi connectivity index (χ1n) is 1.02. The fourth-order valence-electron chi connectivity index (χ4n) is 0. The molecule has 0 aliphatic heterocycles. The maximum atomic E-state index is 9.31. The molecular formula is H5NOSi2. The zero-order valence-electron chi connectivity index (χ0n) is 2.49. The van der Waals surface area contributed by atoms with Crippen molar-refractivity contribution in [1.82, 2.24) is 4.65 Å². The Morgan fingerprint density at radius 1 is 2.00 bits per heavy atom. The molecule has 0 rings (SSSR count). The summed E-state index contributed by atoms with van der Waals surface area (Å²) >= 11 is 0. The molecule has 0 spiro atoms. The Morgan fingerprint density at radius 2 is 2.25 bits per heavy atom. The highest BCUT2D eigenvalue weighted by Gasteiger charge is 1.48. The van der Waals surface area contributed by atoms with Gasteiger partial charge in [0, 0.05) is 0 Å². The second-order valence-corrected chi connectivity index (χ2v) is 2.95. The van der Waals surface area contributed by atoms with Crippen molar-refractivity contribution in [3.05, 3.63) is 0 Å². The van der Waals surface area contributed by atoms with Crippen LogP contribution in [-0.2, 0) is 4.46 Å². The van der Waals surface area contributed by atoms with Crippen molar-refractivity contribution in [2.24, 2.45) is 0 Å². The average molecular weight is 91.2 g/mol. The molecule has 0 bridgehead atoms. The van der Waals surface area contributed by atoms with Crippen LogP contribution in [0.15, 0.2) is 0 Å². The average Bonchev–Trinajstić information content (AvgIpc) is 1.37. The first kappa shape index (κ1) is 4.03. The van der Waals surface area contributed by atoms with Gasteiger partial charge < -0.3 is 9.11 Å². The van der Waals surface area contributed by atoms with Gasteiger partial charge in [0.1, 0.15) is 0 Å². The van der Waals surface area contributed by atoms with Gasteiger partial charge in [0.25, 0.3) is 0 Å². The first-order chi connectivity index (χ1) is 1.91. The molecule has 0 aliphatic carbocycles. The molecule has 0 fully saturated rings. The lowest BCUT2D eigenvalue weighted by atomic mass is 13.9. The number of rotatable bonds is 1. The molecule has 0 saturated carbocycles. The van der Waals surface area contributed by atoms with E-state index in [1.165, 1.54) is 0 Å². The van der Waals surface area contributed by atoms with E-state index in [0.29, 0.717) is 0 Å². The summed E-state index contributed by atoms with van der Waals surface area (Å²) in [4.78, 5) is 0. The molecule has 0 heterocycles. The van der Waals surface area contributed by atoms with Crippen LogP contribution in [0.4, 0.5) is 0 Å². The molecule has 4 heavy (non-hydrogen) atoms. The fourth-order valence-corrected chi connectivity index (χ4v) is 0. The van der Waals surface area contributed by atoms with Crippen LogP contribution in [0.5, 0.6) is 0 Å². The van der Waals surface area contributed by atoms with Gasteiger partial charge in [-0.3, -0.25) is 0 Å². The van der Waals surface area contributed by atoms with E-state index in [1.54, 1.807) is 0 Å². The number of hydrogen-bond donors (Lipinski definition) is 1. The van der Waals surface area contributed by atoms with E-state index in [1.807, 2.05) is 0 Å². The Balaban J connectivity index is 2.30. The largest absolute Gasteiger partial charge is 0.426 e. The second kappa shape index (κ2) is 3.03. The minimum Gasteiger partial charge on any atom is -0.426 e. The molecule has 0 unspecified atom stereocenters. The van der Waals surface area contributed by atoms with Crippen molar-refractivity contribution >= 4 is 20.0 Å². The quantitative estimate of drug-likeness (QED) is 0.363. The molecule has 0 saturated heterocycles. The van der Waals surface area contributed by atoms with Gasteiger partial charge in [-0.25, -0.2) is 0 Å². The summed E-state index contributed by atoms with van der Waals surface area (Å²) in [5.74, 6) is 0. The van der Waals surface area contributed by atoms with Crippen LogP contribution in [0.1, 0.15) is 0 Å². The Labute approximate surface area is 30.1 Å². The Morgan fingerprint density at radius 3 is 2.25 bits per heavy atom. The third-order valence-electron chi connectivity index (χ3n) is 0.118. The minimum atomic E-state index is -0.656. The topological polar surface area (TPSA) is 29.1 Å². The monoisotopic (exact) mass is 91.0 g/mol. The minimum absolute atomic E-state index is 0.656. The molecule has 1 N–H and O–H groups in total. The van der Waals surface area contributed by atoms with Gasteiger partial charge in [0.15, 0.2) is 0 Å². The Bertz CT molecular complexity index is 20.0. The molecule has 4 heteroatoms. The fraction of sp³-hybridized carbons (Fsp3) is 0. The first-order valence-corrected chi connectivity index (χ1v) is 3.07. The highest BCUT2D eigenvalue weighted by molar-refractivity contribution is 6.29. The normalized spacial score (nSPS) is 6.00. The standard InChI is InChI=1S/H5NOSi2/c2-4-1-3/h1,4H,3H3. The van der Waals surface area contributed by atoms with Crippen molar-refractivity contribution in [1.29, 1.82) is 0 Å². The van der Waals surface area contributed by atoms with Gasteiger partial charge in [-0.1, -0.05) is 0 Å². The van der Waals surface area contributed by atoms with Crippen molar-refractivity contribution < 1.29 is 4.46 Å². The zero-order valence-corrected chi connectivity index (χ0v) is 5.64. The van der Waals surface area contributed by atoms with Gasteiger partial charge in [-0.15, -0.1) is 0 Å².